The first-order chi connectivity index (χ1) is 13.2. The maximum atomic E-state index is 12.2. The van der Waals surface area contributed by atoms with Gasteiger partial charge in [-0.2, -0.15) is 0 Å². The number of hydrogen-bond acceptors (Lipinski definition) is 6. The first kappa shape index (κ1) is 17.0. The zero-order chi connectivity index (χ0) is 18.6. The minimum Gasteiger partial charge on any atom is -0.497 e. The van der Waals surface area contributed by atoms with Crippen LogP contribution in [0.15, 0.2) is 53.1 Å². The van der Waals surface area contributed by atoms with Crippen LogP contribution in [0.4, 0.5) is 5.69 Å². The molecule has 0 unspecified atom stereocenters. The molecule has 138 valence electrons. The van der Waals surface area contributed by atoms with E-state index in [2.05, 4.69) is 10.3 Å². The number of methoxy groups -OCH3 is 1. The van der Waals surface area contributed by atoms with E-state index in [1.807, 2.05) is 24.3 Å². The van der Waals surface area contributed by atoms with Crippen molar-refractivity contribution >= 4 is 11.6 Å². The molecule has 3 aromatic rings. The van der Waals surface area contributed by atoms with Gasteiger partial charge in [-0.15, -0.1) is 0 Å². The predicted octanol–water partition coefficient (Wildman–Crippen LogP) is 3.65. The smallest absolute Gasteiger partial charge is 0.231 e. The van der Waals surface area contributed by atoms with Crippen LogP contribution in [0, 0.1) is 0 Å². The molecule has 1 aliphatic rings. The van der Waals surface area contributed by atoms with E-state index in [1.54, 1.807) is 31.5 Å². The number of nitrogens with zero attached hydrogens (tertiary/aromatic N) is 1. The minimum absolute atomic E-state index is 0.127. The second-order valence-corrected chi connectivity index (χ2v) is 5.96. The van der Waals surface area contributed by atoms with E-state index in [0.717, 1.165) is 11.3 Å². The molecule has 1 aromatic heterocycles. The number of amides is 1. The Kier molecular flexibility index (Phi) is 4.65. The normalized spacial score (nSPS) is 12.0. The number of aryl methyl sites for hydroxylation is 1. The van der Waals surface area contributed by atoms with Gasteiger partial charge >= 0.3 is 0 Å². The van der Waals surface area contributed by atoms with Crippen LogP contribution in [0.5, 0.6) is 17.2 Å². The van der Waals surface area contributed by atoms with Gasteiger partial charge in [-0.1, -0.05) is 0 Å². The lowest BCUT2D eigenvalue weighted by atomic mass is 10.2. The third-order valence-corrected chi connectivity index (χ3v) is 4.15. The van der Waals surface area contributed by atoms with Crippen LogP contribution in [0.25, 0.3) is 11.3 Å². The third-order valence-electron chi connectivity index (χ3n) is 4.15. The van der Waals surface area contributed by atoms with Gasteiger partial charge in [0.05, 0.1) is 13.3 Å². The molecule has 0 radical (unpaired) electrons. The van der Waals surface area contributed by atoms with Crippen LogP contribution in [-0.2, 0) is 11.2 Å². The summed E-state index contributed by atoms with van der Waals surface area (Å²) in [7, 11) is 1.62. The molecule has 4 rings (SSSR count). The molecule has 27 heavy (non-hydrogen) atoms. The lowest BCUT2D eigenvalue weighted by Crippen LogP contribution is -2.12. The maximum absolute atomic E-state index is 12.2. The number of carbonyl (C=O) groups excluding carboxylic acids is 1. The highest BCUT2D eigenvalue weighted by molar-refractivity contribution is 5.91. The van der Waals surface area contributed by atoms with Crippen molar-refractivity contribution in [3.63, 3.8) is 0 Å². The molecule has 0 fully saturated rings. The van der Waals surface area contributed by atoms with Crippen molar-refractivity contribution in [2.75, 3.05) is 19.2 Å². The number of benzene rings is 2. The first-order valence-electron chi connectivity index (χ1n) is 8.50. The van der Waals surface area contributed by atoms with Crippen molar-refractivity contribution < 1.29 is 23.4 Å². The van der Waals surface area contributed by atoms with Crippen molar-refractivity contribution in [1.82, 2.24) is 4.98 Å². The highest BCUT2D eigenvalue weighted by Crippen LogP contribution is 2.34. The summed E-state index contributed by atoms with van der Waals surface area (Å²) in [5.74, 6) is 3.13. The van der Waals surface area contributed by atoms with E-state index in [0.29, 0.717) is 35.3 Å². The number of anilines is 1. The van der Waals surface area contributed by atoms with Crippen molar-refractivity contribution in [2.45, 2.75) is 12.8 Å². The molecule has 0 aliphatic carbocycles. The van der Waals surface area contributed by atoms with Crippen LogP contribution < -0.4 is 19.5 Å². The van der Waals surface area contributed by atoms with Crippen molar-refractivity contribution in [3.8, 4) is 28.6 Å². The summed E-state index contributed by atoms with van der Waals surface area (Å²) in [5, 5.41) is 2.84. The average molecular weight is 366 g/mol. The van der Waals surface area contributed by atoms with Gasteiger partial charge in [0, 0.05) is 30.2 Å². The van der Waals surface area contributed by atoms with Crippen molar-refractivity contribution in [1.29, 1.82) is 0 Å². The summed E-state index contributed by atoms with van der Waals surface area (Å²) < 4.78 is 21.4. The fraction of sp³-hybridized carbons (Fsp3) is 0.200. The minimum atomic E-state index is -0.127. The van der Waals surface area contributed by atoms with Crippen LogP contribution >= 0.6 is 0 Å². The summed E-state index contributed by atoms with van der Waals surface area (Å²) in [6, 6.07) is 12.8. The Morgan fingerprint density at radius 1 is 1.15 bits per heavy atom. The van der Waals surface area contributed by atoms with E-state index in [9.17, 15) is 4.79 Å². The predicted molar refractivity (Wildman–Crippen MR) is 98.0 cm³/mol. The molecule has 7 heteroatoms. The monoisotopic (exact) mass is 366 g/mol. The third kappa shape index (κ3) is 3.87. The molecule has 1 aliphatic heterocycles. The fourth-order valence-electron chi connectivity index (χ4n) is 2.73. The molecule has 0 atom stereocenters. The Balaban J connectivity index is 1.33. The number of carbonyl (C=O) groups is 1. The maximum Gasteiger partial charge on any atom is 0.231 e. The van der Waals surface area contributed by atoms with Crippen molar-refractivity contribution in [3.05, 3.63) is 54.6 Å². The number of oxazole rings is 1. The zero-order valence-corrected chi connectivity index (χ0v) is 14.7. The summed E-state index contributed by atoms with van der Waals surface area (Å²) in [4.78, 5) is 16.4. The van der Waals surface area contributed by atoms with Crippen LogP contribution in [0.2, 0.25) is 0 Å². The second kappa shape index (κ2) is 7.41. The van der Waals surface area contributed by atoms with Gasteiger partial charge in [0.2, 0.25) is 12.7 Å². The molecule has 0 bridgehead atoms. The molecule has 1 amide bonds. The van der Waals surface area contributed by atoms with Gasteiger partial charge in [-0.3, -0.25) is 4.79 Å². The summed E-state index contributed by atoms with van der Waals surface area (Å²) >= 11 is 0. The summed E-state index contributed by atoms with van der Waals surface area (Å²) in [6.07, 6.45) is 2.33. The molecular weight excluding hydrogens is 348 g/mol. The molecule has 7 nitrogen and oxygen atoms in total. The van der Waals surface area contributed by atoms with Crippen LogP contribution in [-0.4, -0.2) is 24.8 Å². The largest absolute Gasteiger partial charge is 0.497 e. The lowest BCUT2D eigenvalue weighted by Gasteiger charge is -2.05. The molecule has 2 aromatic carbocycles. The van der Waals surface area contributed by atoms with E-state index >= 15 is 0 Å². The average Bonchev–Trinajstić information content (AvgIpc) is 3.35. The number of rotatable bonds is 6. The Morgan fingerprint density at radius 2 is 1.96 bits per heavy atom. The molecule has 0 saturated carbocycles. The van der Waals surface area contributed by atoms with Crippen molar-refractivity contribution in [2.24, 2.45) is 0 Å². The number of fused-ring (bicyclic) bond motifs is 1. The quantitative estimate of drug-likeness (QED) is 0.717. The fourth-order valence-corrected chi connectivity index (χ4v) is 2.73. The Labute approximate surface area is 155 Å². The highest BCUT2D eigenvalue weighted by Gasteiger charge is 2.14. The summed E-state index contributed by atoms with van der Waals surface area (Å²) in [5.41, 5.74) is 1.56. The van der Waals surface area contributed by atoms with E-state index < -0.39 is 0 Å². The van der Waals surface area contributed by atoms with Gasteiger partial charge in [-0.05, 0) is 36.4 Å². The molecule has 2 heterocycles. The molecule has 0 spiro atoms. The van der Waals surface area contributed by atoms with Gasteiger partial charge in [-0.25, -0.2) is 4.98 Å². The van der Waals surface area contributed by atoms with Crippen LogP contribution in [0.1, 0.15) is 12.3 Å². The van der Waals surface area contributed by atoms with E-state index in [-0.39, 0.29) is 19.1 Å². The second-order valence-electron chi connectivity index (χ2n) is 5.96. The number of ether oxygens (including phenoxy) is 3. The van der Waals surface area contributed by atoms with Gasteiger partial charge < -0.3 is 23.9 Å². The van der Waals surface area contributed by atoms with Crippen LogP contribution in [0.3, 0.4) is 0 Å². The number of aromatic nitrogens is 1. The number of nitrogens with one attached hydrogen (secondary N) is 1. The first-order valence-corrected chi connectivity index (χ1v) is 8.50. The van der Waals surface area contributed by atoms with Gasteiger partial charge in [0.15, 0.2) is 23.1 Å². The molecule has 0 saturated heterocycles. The summed E-state index contributed by atoms with van der Waals surface area (Å²) in [6.45, 7) is 0.202. The lowest BCUT2D eigenvalue weighted by molar-refractivity contribution is -0.116. The molecular formula is C20H18N2O5. The zero-order valence-electron chi connectivity index (χ0n) is 14.7. The number of hydrogen-bond donors (Lipinski definition) is 1. The Morgan fingerprint density at radius 3 is 2.78 bits per heavy atom. The van der Waals surface area contributed by atoms with E-state index in [4.69, 9.17) is 18.6 Å². The SMILES string of the molecule is COc1ccc(-c2cnc(CCC(=O)Nc3ccc4c(c3)OCO4)o2)cc1. The molecule has 1 N–H and O–H groups in total. The Hall–Kier alpha value is -3.48. The van der Waals surface area contributed by atoms with E-state index in [1.165, 1.54) is 0 Å². The Bertz CT molecular complexity index is 949. The standard InChI is InChI=1S/C20H18N2O5/c1-24-15-5-2-13(3-6-15)18-11-21-20(27-18)9-8-19(23)22-14-4-7-16-17(10-14)26-12-25-16/h2-7,10-11H,8-9,12H2,1H3,(H,22,23). The highest BCUT2D eigenvalue weighted by atomic mass is 16.7. The topological polar surface area (TPSA) is 82.8 Å². The van der Waals surface area contributed by atoms with Gasteiger partial charge in [0.25, 0.3) is 0 Å². The van der Waals surface area contributed by atoms with Gasteiger partial charge in [0.1, 0.15) is 5.75 Å².